The van der Waals surface area contributed by atoms with Crippen molar-refractivity contribution >= 4 is 17.5 Å². The zero-order valence-corrected chi connectivity index (χ0v) is 10.1. The van der Waals surface area contributed by atoms with E-state index in [-0.39, 0.29) is 6.42 Å². The molecular formula is C10H16N2O5. The van der Waals surface area contributed by atoms with Crippen LogP contribution in [0.2, 0.25) is 0 Å². The van der Waals surface area contributed by atoms with Crippen molar-refractivity contribution < 1.29 is 28.6 Å². The van der Waals surface area contributed by atoms with E-state index >= 15 is 0 Å². The lowest BCUT2D eigenvalue weighted by atomic mass is 10.2. The second-order valence-electron chi connectivity index (χ2n) is 2.91. The fraction of sp³-hybridized carbons (Fsp3) is 0.700. The first kappa shape index (κ1) is 15.4. The predicted molar refractivity (Wildman–Crippen MR) is 57.3 cm³/mol. The molecule has 7 heteroatoms. The maximum absolute atomic E-state index is 11.6. The van der Waals surface area contributed by atoms with Crippen LogP contribution in [0.4, 0.5) is 0 Å². The Morgan fingerprint density at radius 3 is 2.12 bits per heavy atom. The second kappa shape index (κ2) is 8.58. The molecule has 0 aliphatic carbocycles. The molecule has 0 amide bonds. The highest BCUT2D eigenvalue weighted by molar-refractivity contribution is 6.62. The lowest BCUT2D eigenvalue weighted by Crippen LogP contribution is -2.31. The third-order valence-corrected chi connectivity index (χ3v) is 1.80. The predicted octanol–water partition coefficient (Wildman–Crippen LogP) is 0.188. The summed E-state index contributed by atoms with van der Waals surface area (Å²) in [6.07, 6.45) is -0.977. The quantitative estimate of drug-likeness (QED) is 0.151. The van der Waals surface area contributed by atoms with Gasteiger partial charge in [0.25, 0.3) is 5.78 Å². The van der Waals surface area contributed by atoms with Gasteiger partial charge in [0.1, 0.15) is 0 Å². The molecule has 0 atom stereocenters. The molecule has 0 aliphatic heterocycles. The number of carbonyl (C=O) groups excluding carboxylic acids is 2. The van der Waals surface area contributed by atoms with Crippen LogP contribution in [0.1, 0.15) is 20.3 Å². The van der Waals surface area contributed by atoms with Crippen molar-refractivity contribution in [1.29, 1.82) is 0 Å². The molecule has 0 N–H and O–H groups in total. The summed E-state index contributed by atoms with van der Waals surface area (Å²) in [5, 5.41) is 0. The normalized spacial score (nSPS) is 9.88. The molecule has 0 unspecified atom stereocenters. The van der Waals surface area contributed by atoms with Gasteiger partial charge < -0.3 is 19.7 Å². The van der Waals surface area contributed by atoms with Gasteiger partial charge >= 0.3 is 11.7 Å². The van der Waals surface area contributed by atoms with Gasteiger partial charge in [-0.05, 0) is 13.8 Å². The third-order valence-electron chi connectivity index (χ3n) is 1.80. The first-order valence-electron chi connectivity index (χ1n) is 5.17. The van der Waals surface area contributed by atoms with Crippen molar-refractivity contribution in [3.8, 4) is 0 Å². The fourth-order valence-corrected chi connectivity index (χ4v) is 1.09. The standard InChI is InChI=1S/C10H16N2O5/c1-4-16-8(17-5-2)6-7(13)9(12-11)10(14)15-3/h8H,4-6H2,1-3H3. The molecular weight excluding hydrogens is 228 g/mol. The molecule has 0 bridgehead atoms. The Balaban J connectivity index is 4.58. The van der Waals surface area contributed by atoms with Gasteiger partial charge in [0.2, 0.25) is 0 Å². The van der Waals surface area contributed by atoms with Gasteiger partial charge in [-0.2, -0.15) is 4.79 Å². The van der Waals surface area contributed by atoms with E-state index in [2.05, 4.69) is 9.53 Å². The van der Waals surface area contributed by atoms with Gasteiger partial charge in [0.05, 0.1) is 13.5 Å². The molecule has 0 aromatic carbocycles. The van der Waals surface area contributed by atoms with Crippen LogP contribution >= 0.6 is 0 Å². The number of methoxy groups -OCH3 is 1. The number of ketones is 1. The summed E-state index contributed by atoms with van der Waals surface area (Å²) < 4.78 is 14.6. The zero-order valence-electron chi connectivity index (χ0n) is 10.1. The van der Waals surface area contributed by atoms with Crippen molar-refractivity contribution in [3.63, 3.8) is 0 Å². The number of hydrogen-bond acceptors (Lipinski definition) is 5. The first-order valence-corrected chi connectivity index (χ1v) is 5.17. The molecule has 0 fully saturated rings. The number of esters is 1. The zero-order chi connectivity index (χ0) is 13.3. The monoisotopic (exact) mass is 244 g/mol. The average molecular weight is 244 g/mol. The maximum atomic E-state index is 11.6. The summed E-state index contributed by atoms with van der Waals surface area (Å²) in [7, 11) is 1.09. The summed E-state index contributed by atoms with van der Waals surface area (Å²) in [6.45, 7) is 4.22. The SMILES string of the molecule is CCOC(CC(=O)C(=[N+]=[N-])C(=O)OC)OCC. The van der Waals surface area contributed by atoms with Crippen molar-refractivity contribution in [2.75, 3.05) is 20.3 Å². The minimum atomic E-state index is -0.996. The Morgan fingerprint density at radius 2 is 1.76 bits per heavy atom. The van der Waals surface area contributed by atoms with Crippen LogP contribution in [-0.4, -0.2) is 48.9 Å². The topological polar surface area (TPSA) is 98.2 Å². The molecule has 0 rings (SSSR count). The molecule has 0 spiro atoms. The highest BCUT2D eigenvalue weighted by atomic mass is 16.7. The van der Waals surface area contributed by atoms with Gasteiger partial charge in [-0.15, -0.1) is 0 Å². The fourth-order valence-electron chi connectivity index (χ4n) is 1.09. The van der Waals surface area contributed by atoms with E-state index < -0.39 is 23.8 Å². The molecule has 0 aromatic rings. The summed E-state index contributed by atoms with van der Waals surface area (Å²) in [5.74, 6) is -1.70. The van der Waals surface area contributed by atoms with Crippen molar-refractivity contribution in [3.05, 3.63) is 5.53 Å². The van der Waals surface area contributed by atoms with E-state index in [4.69, 9.17) is 15.0 Å². The number of Topliss-reactive ketones (excluding diaryl/α,β-unsaturated/α-hetero) is 1. The van der Waals surface area contributed by atoms with E-state index in [9.17, 15) is 9.59 Å². The minimum Gasteiger partial charge on any atom is -0.460 e. The van der Waals surface area contributed by atoms with Crippen LogP contribution < -0.4 is 0 Å². The van der Waals surface area contributed by atoms with Crippen LogP contribution in [0.5, 0.6) is 0 Å². The van der Waals surface area contributed by atoms with E-state index in [1.54, 1.807) is 13.8 Å². The molecule has 0 heterocycles. The molecule has 7 nitrogen and oxygen atoms in total. The first-order chi connectivity index (χ1) is 8.10. The van der Waals surface area contributed by atoms with Gasteiger partial charge in [-0.25, -0.2) is 4.79 Å². The lowest BCUT2D eigenvalue weighted by Gasteiger charge is -2.14. The number of rotatable bonds is 8. The number of hydrogen-bond donors (Lipinski definition) is 0. The Kier molecular flexibility index (Phi) is 7.79. The smallest absolute Gasteiger partial charge is 0.441 e. The molecule has 0 aliphatic rings. The molecule has 96 valence electrons. The van der Waals surface area contributed by atoms with E-state index in [0.29, 0.717) is 13.2 Å². The average Bonchev–Trinajstić information content (AvgIpc) is 2.30. The Hall–Kier alpha value is -1.56. The van der Waals surface area contributed by atoms with E-state index in [1.807, 2.05) is 0 Å². The van der Waals surface area contributed by atoms with Crippen molar-refractivity contribution in [2.45, 2.75) is 26.6 Å². The van der Waals surface area contributed by atoms with Gasteiger partial charge in [0.15, 0.2) is 6.29 Å². The van der Waals surface area contributed by atoms with E-state index in [1.165, 1.54) is 0 Å². The van der Waals surface area contributed by atoms with Crippen LogP contribution in [-0.2, 0) is 23.8 Å². The second-order valence-corrected chi connectivity index (χ2v) is 2.91. The summed E-state index contributed by atoms with van der Waals surface area (Å²) in [5.41, 5.74) is 7.89. The van der Waals surface area contributed by atoms with Crippen LogP contribution in [0.15, 0.2) is 0 Å². The summed E-state index contributed by atoms with van der Waals surface area (Å²) in [6, 6.07) is 0. The van der Waals surface area contributed by atoms with Crippen molar-refractivity contribution in [2.24, 2.45) is 0 Å². The highest BCUT2D eigenvalue weighted by Gasteiger charge is 2.32. The highest BCUT2D eigenvalue weighted by Crippen LogP contribution is 2.03. The van der Waals surface area contributed by atoms with E-state index in [0.717, 1.165) is 7.11 Å². The molecule has 0 saturated carbocycles. The molecule has 0 radical (unpaired) electrons. The number of ether oxygens (including phenoxy) is 3. The number of nitrogens with zero attached hydrogens (tertiary/aromatic N) is 2. The summed E-state index contributed by atoms with van der Waals surface area (Å²) in [4.78, 5) is 25.3. The van der Waals surface area contributed by atoms with Gasteiger partial charge in [-0.3, -0.25) is 4.79 Å². The van der Waals surface area contributed by atoms with Crippen LogP contribution in [0.25, 0.3) is 5.53 Å². The lowest BCUT2D eigenvalue weighted by molar-refractivity contribution is -0.152. The molecule has 0 aromatic heterocycles. The molecule has 0 saturated heterocycles. The Bertz CT molecular complexity index is 317. The van der Waals surface area contributed by atoms with Gasteiger partial charge in [0, 0.05) is 13.2 Å². The van der Waals surface area contributed by atoms with Gasteiger partial charge in [-0.1, -0.05) is 0 Å². The number of carbonyl (C=O) groups is 2. The summed E-state index contributed by atoms with van der Waals surface area (Å²) >= 11 is 0. The van der Waals surface area contributed by atoms with Crippen LogP contribution in [0.3, 0.4) is 0 Å². The van der Waals surface area contributed by atoms with Crippen LogP contribution in [0, 0.1) is 0 Å². The Morgan fingerprint density at radius 1 is 1.24 bits per heavy atom. The maximum Gasteiger partial charge on any atom is 0.441 e. The minimum absolute atomic E-state index is 0.212. The Labute approximate surface area is 99.3 Å². The molecule has 17 heavy (non-hydrogen) atoms. The van der Waals surface area contributed by atoms with Crippen molar-refractivity contribution in [1.82, 2.24) is 0 Å². The largest absolute Gasteiger partial charge is 0.460 e. The third kappa shape index (κ3) is 5.35.